The van der Waals surface area contributed by atoms with Crippen molar-refractivity contribution in [1.82, 2.24) is 4.90 Å². The van der Waals surface area contributed by atoms with Crippen molar-refractivity contribution in [3.8, 4) is 0 Å². The van der Waals surface area contributed by atoms with Crippen molar-refractivity contribution in [1.29, 1.82) is 0 Å². The molecule has 0 radical (unpaired) electrons. The molecule has 0 aromatic rings. The van der Waals surface area contributed by atoms with E-state index in [0.717, 1.165) is 51.9 Å². The van der Waals surface area contributed by atoms with Crippen LogP contribution in [0, 0.1) is 5.92 Å². The van der Waals surface area contributed by atoms with Gasteiger partial charge in [0.2, 0.25) is 0 Å². The van der Waals surface area contributed by atoms with Gasteiger partial charge in [-0.15, -0.1) is 0 Å². The first-order valence-corrected chi connectivity index (χ1v) is 8.14. The van der Waals surface area contributed by atoms with Crippen LogP contribution in [0.3, 0.4) is 0 Å². The van der Waals surface area contributed by atoms with Gasteiger partial charge in [0, 0.05) is 31.2 Å². The van der Waals surface area contributed by atoms with Gasteiger partial charge in [0.1, 0.15) is 0 Å². The van der Waals surface area contributed by atoms with E-state index in [-0.39, 0.29) is 17.2 Å². The van der Waals surface area contributed by atoms with E-state index < -0.39 is 0 Å². The smallest absolute Gasteiger partial charge is 0.0939 e. The Morgan fingerprint density at radius 2 is 2.00 bits per heavy atom. The number of rotatable bonds is 5. The monoisotopic (exact) mass is 284 g/mol. The molecule has 0 aromatic carbocycles. The largest absolute Gasteiger partial charge is 0.378 e. The number of ether oxygens (including phenoxy) is 2. The Bertz CT molecular complexity index is 310. The van der Waals surface area contributed by atoms with E-state index in [1.807, 2.05) is 0 Å². The van der Waals surface area contributed by atoms with Gasteiger partial charge in [-0.05, 0) is 45.7 Å². The van der Waals surface area contributed by atoms with Gasteiger partial charge < -0.3 is 20.1 Å². The first-order valence-electron chi connectivity index (χ1n) is 8.14. The number of likely N-dealkylation sites (N-methyl/N-ethyl adjacent to an activating group) is 1. The van der Waals surface area contributed by atoms with Gasteiger partial charge in [0.25, 0.3) is 0 Å². The first-order chi connectivity index (χ1) is 9.49. The normalized spacial score (nSPS) is 33.0. The lowest BCUT2D eigenvalue weighted by Crippen LogP contribution is -2.61. The second kappa shape index (κ2) is 6.30. The predicted octanol–water partition coefficient (Wildman–Crippen LogP) is 2.02. The minimum Gasteiger partial charge on any atom is -0.378 e. The summed E-state index contributed by atoms with van der Waals surface area (Å²) >= 11 is 0. The van der Waals surface area contributed by atoms with Crippen LogP contribution in [0.5, 0.6) is 0 Å². The summed E-state index contributed by atoms with van der Waals surface area (Å²) in [6.45, 7) is 6.94. The predicted molar refractivity (Wildman–Crippen MR) is 81.8 cm³/mol. The van der Waals surface area contributed by atoms with Gasteiger partial charge in [-0.25, -0.2) is 0 Å². The van der Waals surface area contributed by atoms with E-state index in [0.29, 0.717) is 5.92 Å². The minimum absolute atomic E-state index is 0.0416. The van der Waals surface area contributed by atoms with Crippen LogP contribution in [0.4, 0.5) is 0 Å². The van der Waals surface area contributed by atoms with Gasteiger partial charge in [-0.2, -0.15) is 0 Å². The van der Waals surface area contributed by atoms with Crippen LogP contribution >= 0.6 is 0 Å². The molecule has 3 unspecified atom stereocenters. The van der Waals surface area contributed by atoms with Crippen molar-refractivity contribution >= 4 is 0 Å². The van der Waals surface area contributed by atoms with Crippen LogP contribution in [-0.4, -0.2) is 56.0 Å². The van der Waals surface area contributed by atoms with Gasteiger partial charge in [0.15, 0.2) is 0 Å². The molecule has 20 heavy (non-hydrogen) atoms. The molecule has 2 saturated heterocycles. The van der Waals surface area contributed by atoms with Crippen molar-refractivity contribution in [2.45, 2.75) is 63.1 Å². The Kier molecular flexibility index (Phi) is 5.11. The third kappa shape index (κ3) is 2.76. The zero-order valence-corrected chi connectivity index (χ0v) is 13.7. The molecular weight excluding hydrogens is 252 g/mol. The van der Waals surface area contributed by atoms with Crippen LogP contribution in [0.1, 0.15) is 46.0 Å². The molecule has 118 valence electrons. The molecule has 4 heteroatoms. The summed E-state index contributed by atoms with van der Waals surface area (Å²) in [5.74, 6) is 0.535. The molecule has 0 aromatic heterocycles. The number of hydrogen-bond acceptors (Lipinski definition) is 4. The lowest BCUT2D eigenvalue weighted by atomic mass is 9.71. The quantitative estimate of drug-likeness (QED) is 0.839. The Hall–Kier alpha value is -0.160. The second-order valence-electron chi connectivity index (χ2n) is 6.82. The number of nitrogens with zero attached hydrogens (tertiary/aromatic N) is 1. The summed E-state index contributed by atoms with van der Waals surface area (Å²) < 4.78 is 11.6. The molecule has 2 aliphatic rings. The van der Waals surface area contributed by atoms with Crippen molar-refractivity contribution in [2.75, 3.05) is 33.9 Å². The lowest BCUT2D eigenvalue weighted by Gasteiger charge is -2.49. The zero-order valence-electron chi connectivity index (χ0n) is 13.7. The molecule has 0 aliphatic carbocycles. The van der Waals surface area contributed by atoms with E-state index in [1.165, 1.54) is 0 Å². The maximum absolute atomic E-state index is 6.76. The standard InChI is InChI=1S/C16H32N2O2/c1-5-16(6-2,18(3)4)14(17)13-7-9-20-15(11-13)8-10-19-12-15/h13-14H,5-12,17H2,1-4H3. The van der Waals surface area contributed by atoms with Crippen LogP contribution < -0.4 is 5.73 Å². The van der Waals surface area contributed by atoms with Gasteiger partial charge >= 0.3 is 0 Å². The summed E-state index contributed by atoms with van der Waals surface area (Å²) in [5, 5.41) is 0. The average Bonchev–Trinajstić information content (AvgIpc) is 2.88. The van der Waals surface area contributed by atoms with Crippen molar-refractivity contribution < 1.29 is 9.47 Å². The molecule has 4 nitrogen and oxygen atoms in total. The molecule has 2 heterocycles. The third-order valence-electron chi connectivity index (χ3n) is 5.84. The Morgan fingerprint density at radius 3 is 2.50 bits per heavy atom. The molecule has 2 N–H and O–H groups in total. The van der Waals surface area contributed by atoms with E-state index >= 15 is 0 Å². The summed E-state index contributed by atoms with van der Waals surface area (Å²) in [6, 6.07) is 0.203. The highest BCUT2D eigenvalue weighted by atomic mass is 16.6. The Labute approximate surface area is 124 Å². The fraction of sp³-hybridized carbons (Fsp3) is 1.00. The van der Waals surface area contributed by atoms with Crippen LogP contribution in [0.2, 0.25) is 0 Å². The third-order valence-corrected chi connectivity index (χ3v) is 5.84. The average molecular weight is 284 g/mol. The van der Waals surface area contributed by atoms with E-state index in [4.69, 9.17) is 15.2 Å². The molecule has 2 rings (SSSR count). The molecule has 0 bridgehead atoms. The summed E-state index contributed by atoms with van der Waals surface area (Å²) in [4.78, 5) is 2.34. The molecule has 0 amide bonds. The molecule has 0 saturated carbocycles. The van der Waals surface area contributed by atoms with Gasteiger partial charge in [-0.3, -0.25) is 0 Å². The molecular formula is C16H32N2O2. The lowest BCUT2D eigenvalue weighted by molar-refractivity contribution is -0.109. The summed E-state index contributed by atoms with van der Waals surface area (Å²) in [7, 11) is 4.33. The van der Waals surface area contributed by atoms with Crippen molar-refractivity contribution in [3.63, 3.8) is 0 Å². The van der Waals surface area contributed by atoms with E-state index in [1.54, 1.807) is 0 Å². The SMILES string of the molecule is CCC(CC)(C(N)C1CCOC2(CCOC2)C1)N(C)C. The molecule has 3 atom stereocenters. The zero-order chi connectivity index (χ0) is 14.8. The fourth-order valence-electron chi connectivity index (χ4n) is 4.33. The summed E-state index contributed by atoms with van der Waals surface area (Å²) in [5.41, 5.74) is 6.82. The van der Waals surface area contributed by atoms with Crippen molar-refractivity contribution in [2.24, 2.45) is 11.7 Å². The maximum atomic E-state index is 6.76. The number of hydrogen-bond donors (Lipinski definition) is 1. The summed E-state index contributed by atoms with van der Waals surface area (Å²) in [6.07, 6.45) is 5.36. The Morgan fingerprint density at radius 1 is 1.30 bits per heavy atom. The van der Waals surface area contributed by atoms with Crippen LogP contribution in [0.25, 0.3) is 0 Å². The van der Waals surface area contributed by atoms with Crippen LogP contribution in [-0.2, 0) is 9.47 Å². The highest BCUT2D eigenvalue weighted by Gasteiger charge is 2.47. The Balaban J connectivity index is 2.12. The van der Waals surface area contributed by atoms with Gasteiger partial charge in [0.05, 0.1) is 12.2 Å². The second-order valence-corrected chi connectivity index (χ2v) is 6.82. The van der Waals surface area contributed by atoms with Gasteiger partial charge in [-0.1, -0.05) is 13.8 Å². The highest BCUT2D eigenvalue weighted by Crippen LogP contribution is 2.40. The number of nitrogens with two attached hydrogens (primary N) is 1. The molecule has 2 aliphatic heterocycles. The first kappa shape index (κ1) is 16.2. The topological polar surface area (TPSA) is 47.7 Å². The minimum atomic E-state index is -0.0416. The maximum Gasteiger partial charge on any atom is 0.0939 e. The van der Waals surface area contributed by atoms with E-state index in [9.17, 15) is 0 Å². The van der Waals surface area contributed by atoms with Crippen molar-refractivity contribution in [3.05, 3.63) is 0 Å². The van der Waals surface area contributed by atoms with E-state index in [2.05, 4.69) is 32.8 Å². The van der Waals surface area contributed by atoms with Crippen LogP contribution in [0.15, 0.2) is 0 Å². The highest BCUT2D eigenvalue weighted by molar-refractivity contribution is 5.02. The molecule has 1 spiro atoms. The fourth-order valence-corrected chi connectivity index (χ4v) is 4.33. The molecule has 2 fully saturated rings.